The Balaban J connectivity index is 2.11. The molecule has 0 unspecified atom stereocenters. The van der Waals surface area contributed by atoms with Crippen LogP contribution in [-0.2, 0) is 0 Å². The van der Waals surface area contributed by atoms with Crippen molar-refractivity contribution in [3.05, 3.63) is 53.1 Å². The number of benzene rings is 2. The largest absolute Gasteiger partial charge is 0.454 e. The topological polar surface area (TPSA) is 36.9 Å². The number of aliphatic imine (C=N–C) groups is 1. The Morgan fingerprint density at radius 2 is 2.00 bits per heavy atom. The molecule has 0 aromatic heterocycles. The van der Waals surface area contributed by atoms with Gasteiger partial charge in [0.1, 0.15) is 17.3 Å². The molecule has 1 aliphatic heterocycles. The van der Waals surface area contributed by atoms with Crippen molar-refractivity contribution in [2.24, 2.45) is 4.99 Å². The summed E-state index contributed by atoms with van der Waals surface area (Å²) in [6.45, 7) is 1.71. The first kappa shape index (κ1) is 14.9. The smallest absolute Gasteiger partial charge is 0.153 e. The third-order valence-corrected chi connectivity index (χ3v) is 3.79. The van der Waals surface area contributed by atoms with Crippen molar-refractivity contribution in [1.29, 1.82) is 0 Å². The van der Waals surface area contributed by atoms with E-state index >= 15 is 0 Å². The van der Waals surface area contributed by atoms with E-state index in [0.717, 1.165) is 41.7 Å². The third kappa shape index (κ3) is 2.93. The fourth-order valence-electron chi connectivity index (χ4n) is 2.37. The van der Waals surface area contributed by atoms with Crippen LogP contribution in [0.1, 0.15) is 5.56 Å². The lowest BCUT2D eigenvalue weighted by Gasteiger charge is -2.21. The van der Waals surface area contributed by atoms with Crippen LogP contribution >= 0.6 is 11.6 Å². The zero-order valence-corrected chi connectivity index (χ0v) is 13.4. The van der Waals surface area contributed by atoms with Crippen LogP contribution < -0.4 is 10.1 Å². The lowest BCUT2D eigenvalue weighted by atomic mass is 10.1. The van der Waals surface area contributed by atoms with Crippen LogP contribution in [-0.4, -0.2) is 37.9 Å². The quantitative estimate of drug-likeness (QED) is 0.939. The van der Waals surface area contributed by atoms with Gasteiger partial charge in [0.25, 0.3) is 0 Å². The highest BCUT2D eigenvalue weighted by molar-refractivity contribution is 6.31. The highest BCUT2D eigenvalue weighted by atomic mass is 35.5. The van der Waals surface area contributed by atoms with Gasteiger partial charge in [0.2, 0.25) is 0 Å². The van der Waals surface area contributed by atoms with Gasteiger partial charge in [-0.3, -0.25) is 0 Å². The molecule has 1 aliphatic rings. The number of hydrogen-bond acceptors (Lipinski definition) is 4. The molecule has 2 aromatic rings. The average molecular weight is 316 g/mol. The zero-order chi connectivity index (χ0) is 15.5. The first-order valence-electron chi connectivity index (χ1n) is 7.20. The minimum atomic E-state index is 0.669. The molecule has 0 amide bonds. The number of nitrogens with zero attached hydrogens (tertiary/aromatic N) is 2. The molecule has 2 aromatic carbocycles. The highest BCUT2D eigenvalue weighted by Gasteiger charge is 2.20. The molecule has 1 heterocycles. The Labute approximate surface area is 135 Å². The zero-order valence-electron chi connectivity index (χ0n) is 12.6. The number of amidine groups is 1. The van der Waals surface area contributed by atoms with Crippen molar-refractivity contribution in [3.8, 4) is 11.5 Å². The van der Waals surface area contributed by atoms with E-state index in [1.807, 2.05) is 56.6 Å². The lowest BCUT2D eigenvalue weighted by molar-refractivity contribution is 0.478. The molecule has 0 radical (unpaired) electrons. The SMILES string of the molecule is CNCCN(C)C1=Nc2ccccc2Oc2ccc(Cl)cc21. The Hall–Kier alpha value is -2.04. The molecule has 0 fully saturated rings. The Kier molecular flexibility index (Phi) is 4.32. The molecule has 0 atom stereocenters. The predicted octanol–water partition coefficient (Wildman–Crippen LogP) is 3.68. The van der Waals surface area contributed by atoms with Gasteiger partial charge >= 0.3 is 0 Å². The predicted molar refractivity (Wildman–Crippen MR) is 90.7 cm³/mol. The van der Waals surface area contributed by atoms with E-state index in [2.05, 4.69) is 10.2 Å². The maximum absolute atomic E-state index is 6.17. The van der Waals surface area contributed by atoms with Crippen molar-refractivity contribution < 1.29 is 4.74 Å². The van der Waals surface area contributed by atoms with Gasteiger partial charge < -0.3 is 15.0 Å². The van der Waals surface area contributed by atoms with E-state index in [-0.39, 0.29) is 0 Å². The molecule has 0 saturated carbocycles. The fraction of sp³-hybridized carbons (Fsp3) is 0.235. The van der Waals surface area contributed by atoms with Crippen LogP contribution in [0.3, 0.4) is 0 Å². The van der Waals surface area contributed by atoms with Gasteiger partial charge in [-0.15, -0.1) is 0 Å². The molecular weight excluding hydrogens is 298 g/mol. The Morgan fingerprint density at radius 3 is 2.82 bits per heavy atom. The molecule has 5 heteroatoms. The van der Waals surface area contributed by atoms with Crippen LogP contribution in [0.2, 0.25) is 5.02 Å². The van der Waals surface area contributed by atoms with Gasteiger partial charge in [-0.2, -0.15) is 0 Å². The second-order valence-corrected chi connectivity index (χ2v) is 5.61. The van der Waals surface area contributed by atoms with Gasteiger partial charge in [0.05, 0.1) is 5.56 Å². The van der Waals surface area contributed by atoms with Crippen molar-refractivity contribution in [2.45, 2.75) is 0 Å². The van der Waals surface area contributed by atoms with Gasteiger partial charge in [0.15, 0.2) is 5.75 Å². The van der Waals surface area contributed by atoms with Crippen LogP contribution in [0.5, 0.6) is 11.5 Å². The number of nitrogens with one attached hydrogen (secondary N) is 1. The van der Waals surface area contributed by atoms with Crippen LogP contribution in [0.15, 0.2) is 47.5 Å². The summed E-state index contributed by atoms with van der Waals surface area (Å²) < 4.78 is 6.03. The summed E-state index contributed by atoms with van der Waals surface area (Å²) >= 11 is 6.17. The summed E-state index contributed by atoms with van der Waals surface area (Å²) in [5, 5.41) is 3.82. The molecular formula is C17H18ClN3O. The first-order valence-corrected chi connectivity index (χ1v) is 7.58. The number of halogens is 1. The monoisotopic (exact) mass is 315 g/mol. The van der Waals surface area contributed by atoms with E-state index < -0.39 is 0 Å². The maximum Gasteiger partial charge on any atom is 0.153 e. The van der Waals surface area contributed by atoms with E-state index in [1.165, 1.54) is 0 Å². The third-order valence-electron chi connectivity index (χ3n) is 3.55. The minimum Gasteiger partial charge on any atom is -0.454 e. The summed E-state index contributed by atoms with van der Waals surface area (Å²) in [4.78, 5) is 6.91. The van der Waals surface area contributed by atoms with Crippen molar-refractivity contribution in [2.75, 3.05) is 27.2 Å². The fourth-order valence-corrected chi connectivity index (χ4v) is 2.54. The van der Waals surface area contributed by atoms with E-state index in [0.29, 0.717) is 5.02 Å². The second kappa shape index (κ2) is 6.38. The van der Waals surface area contributed by atoms with Crippen molar-refractivity contribution in [1.82, 2.24) is 10.2 Å². The van der Waals surface area contributed by atoms with E-state index in [1.54, 1.807) is 0 Å². The van der Waals surface area contributed by atoms with Crippen LogP contribution in [0, 0.1) is 0 Å². The first-order chi connectivity index (χ1) is 10.7. The Bertz CT molecular complexity index is 715. The molecule has 0 spiro atoms. The molecule has 3 rings (SSSR count). The summed E-state index contributed by atoms with van der Waals surface area (Å²) in [6.07, 6.45) is 0. The second-order valence-electron chi connectivity index (χ2n) is 5.17. The average Bonchev–Trinajstić information content (AvgIpc) is 2.69. The van der Waals surface area contributed by atoms with Gasteiger partial charge in [0, 0.05) is 25.2 Å². The molecule has 0 saturated heterocycles. The minimum absolute atomic E-state index is 0.669. The van der Waals surface area contributed by atoms with Gasteiger partial charge in [-0.25, -0.2) is 4.99 Å². The van der Waals surface area contributed by atoms with Crippen LogP contribution in [0.25, 0.3) is 0 Å². The number of ether oxygens (including phenoxy) is 1. The summed E-state index contributed by atoms with van der Waals surface area (Å²) in [5.74, 6) is 2.38. The molecule has 22 heavy (non-hydrogen) atoms. The van der Waals surface area contributed by atoms with E-state index in [9.17, 15) is 0 Å². The number of rotatable bonds is 3. The highest BCUT2D eigenvalue weighted by Crippen LogP contribution is 2.38. The summed E-state index contributed by atoms with van der Waals surface area (Å²) in [5.41, 5.74) is 1.73. The number of para-hydroxylation sites is 2. The standard InChI is InChI=1S/C17H18ClN3O/c1-19-9-10-21(2)17-13-11-12(18)7-8-15(13)22-16-6-4-3-5-14(16)20-17/h3-8,11,19H,9-10H2,1-2H3. The van der Waals surface area contributed by atoms with Crippen molar-refractivity contribution in [3.63, 3.8) is 0 Å². The molecule has 4 nitrogen and oxygen atoms in total. The normalized spacial score (nSPS) is 12.6. The summed E-state index contributed by atoms with van der Waals surface area (Å²) in [7, 11) is 3.96. The lowest BCUT2D eigenvalue weighted by Crippen LogP contribution is -2.33. The summed E-state index contributed by atoms with van der Waals surface area (Å²) in [6, 6.07) is 13.4. The molecule has 1 N–H and O–H groups in total. The van der Waals surface area contributed by atoms with E-state index in [4.69, 9.17) is 21.3 Å². The maximum atomic E-state index is 6.17. The van der Waals surface area contributed by atoms with Crippen LogP contribution in [0.4, 0.5) is 5.69 Å². The van der Waals surface area contributed by atoms with Gasteiger partial charge in [-0.1, -0.05) is 23.7 Å². The van der Waals surface area contributed by atoms with Gasteiger partial charge in [-0.05, 0) is 37.4 Å². The number of likely N-dealkylation sites (N-methyl/N-ethyl adjacent to an activating group) is 2. The molecule has 114 valence electrons. The molecule has 0 bridgehead atoms. The number of hydrogen-bond donors (Lipinski definition) is 1. The Morgan fingerprint density at radius 1 is 1.18 bits per heavy atom. The number of fused-ring (bicyclic) bond motifs is 2. The molecule has 0 aliphatic carbocycles. The van der Waals surface area contributed by atoms with Crippen molar-refractivity contribution >= 4 is 23.1 Å².